The van der Waals surface area contributed by atoms with E-state index in [0.29, 0.717) is 16.3 Å². The summed E-state index contributed by atoms with van der Waals surface area (Å²) in [5.41, 5.74) is 1.98. The first-order chi connectivity index (χ1) is 8.76. The first-order valence-electron chi connectivity index (χ1n) is 5.59. The molecule has 1 amide bonds. The summed E-state index contributed by atoms with van der Waals surface area (Å²) in [6, 6.07) is 3.27. The monoisotopic (exact) mass is 355 g/mol. The van der Waals surface area contributed by atoms with Gasteiger partial charge in [-0.15, -0.1) is 0 Å². The molecule has 0 saturated heterocycles. The number of alkyl halides is 4. The predicted octanol–water partition coefficient (Wildman–Crippen LogP) is 4.61. The second kappa shape index (κ2) is 5.32. The minimum Gasteiger partial charge on any atom is -0.325 e. The third-order valence-electron chi connectivity index (χ3n) is 2.87. The molecule has 0 saturated carbocycles. The SMILES string of the molecule is O=C1Cc2cc(C(Br)CCC(F)(F)F)c(Cl)cc2N1. The van der Waals surface area contributed by atoms with Crippen LogP contribution in [0.4, 0.5) is 18.9 Å². The summed E-state index contributed by atoms with van der Waals surface area (Å²) in [6.07, 6.45) is -4.93. The number of hydrogen-bond acceptors (Lipinski definition) is 1. The Hall–Kier alpha value is -0.750. The van der Waals surface area contributed by atoms with Crippen LogP contribution in [0.1, 0.15) is 28.8 Å². The van der Waals surface area contributed by atoms with E-state index < -0.39 is 17.4 Å². The third kappa shape index (κ3) is 3.63. The molecule has 0 aromatic heterocycles. The smallest absolute Gasteiger partial charge is 0.325 e. The highest BCUT2D eigenvalue weighted by molar-refractivity contribution is 9.09. The fourth-order valence-electron chi connectivity index (χ4n) is 1.95. The summed E-state index contributed by atoms with van der Waals surface area (Å²) < 4.78 is 36.6. The largest absolute Gasteiger partial charge is 0.389 e. The quantitative estimate of drug-likeness (QED) is 0.787. The maximum absolute atomic E-state index is 12.2. The molecule has 1 atom stereocenters. The number of halogens is 5. The fraction of sp³-hybridized carbons (Fsp3) is 0.417. The van der Waals surface area contributed by atoms with Gasteiger partial charge < -0.3 is 5.32 Å². The van der Waals surface area contributed by atoms with Crippen LogP contribution in [0.5, 0.6) is 0 Å². The summed E-state index contributed by atoms with van der Waals surface area (Å²) in [6.45, 7) is 0. The molecule has 1 heterocycles. The van der Waals surface area contributed by atoms with E-state index in [4.69, 9.17) is 11.6 Å². The Balaban J connectivity index is 2.17. The number of fused-ring (bicyclic) bond motifs is 1. The lowest BCUT2D eigenvalue weighted by Gasteiger charge is -2.15. The Kier molecular flexibility index (Phi) is 4.11. The van der Waals surface area contributed by atoms with Crippen molar-refractivity contribution in [3.63, 3.8) is 0 Å². The van der Waals surface area contributed by atoms with Gasteiger partial charge in [-0.2, -0.15) is 13.2 Å². The number of hydrogen-bond donors (Lipinski definition) is 1. The van der Waals surface area contributed by atoms with Crippen LogP contribution in [-0.4, -0.2) is 12.1 Å². The van der Waals surface area contributed by atoms with E-state index >= 15 is 0 Å². The Morgan fingerprint density at radius 2 is 2.11 bits per heavy atom. The zero-order valence-electron chi connectivity index (χ0n) is 9.65. The molecule has 0 aliphatic carbocycles. The van der Waals surface area contributed by atoms with E-state index in [-0.39, 0.29) is 18.7 Å². The van der Waals surface area contributed by atoms with Gasteiger partial charge in [0, 0.05) is 22.0 Å². The molecule has 1 N–H and O–H groups in total. The molecule has 1 aliphatic rings. The summed E-state index contributed by atoms with van der Waals surface area (Å²) in [5.74, 6) is -0.135. The van der Waals surface area contributed by atoms with Crippen molar-refractivity contribution in [3.8, 4) is 0 Å². The minimum absolute atomic E-state index is 0.0939. The van der Waals surface area contributed by atoms with Gasteiger partial charge in [-0.05, 0) is 23.6 Å². The van der Waals surface area contributed by atoms with Crippen molar-refractivity contribution in [2.24, 2.45) is 0 Å². The Morgan fingerprint density at radius 3 is 2.74 bits per heavy atom. The molecule has 0 spiro atoms. The number of amides is 1. The van der Waals surface area contributed by atoms with Crippen molar-refractivity contribution >= 4 is 39.1 Å². The first kappa shape index (κ1) is 14.7. The molecule has 0 bridgehead atoms. The average Bonchev–Trinajstić information content (AvgIpc) is 2.63. The van der Waals surface area contributed by atoms with Gasteiger partial charge in [0.25, 0.3) is 0 Å². The molecular weight excluding hydrogens is 346 g/mol. The van der Waals surface area contributed by atoms with Crippen LogP contribution in [0.3, 0.4) is 0 Å². The van der Waals surface area contributed by atoms with E-state index in [9.17, 15) is 18.0 Å². The van der Waals surface area contributed by atoms with E-state index in [2.05, 4.69) is 21.2 Å². The zero-order chi connectivity index (χ0) is 14.2. The molecule has 104 valence electrons. The van der Waals surface area contributed by atoms with Gasteiger partial charge in [0.15, 0.2) is 0 Å². The highest BCUT2D eigenvalue weighted by Crippen LogP contribution is 2.39. The van der Waals surface area contributed by atoms with Crippen molar-refractivity contribution in [3.05, 3.63) is 28.3 Å². The summed E-state index contributed by atoms with van der Waals surface area (Å²) in [4.78, 5) is 10.8. The zero-order valence-corrected chi connectivity index (χ0v) is 12.0. The number of rotatable bonds is 3. The number of carbonyl (C=O) groups excluding carboxylic acids is 1. The lowest BCUT2D eigenvalue weighted by molar-refractivity contribution is -0.135. The molecule has 1 unspecified atom stereocenters. The van der Waals surface area contributed by atoms with Gasteiger partial charge in [0.2, 0.25) is 5.91 Å². The summed E-state index contributed by atoms with van der Waals surface area (Å²) in [7, 11) is 0. The minimum atomic E-state index is -4.19. The molecule has 0 radical (unpaired) electrons. The van der Waals surface area contributed by atoms with E-state index in [1.807, 2.05) is 0 Å². The number of carbonyl (C=O) groups is 1. The van der Waals surface area contributed by atoms with Crippen LogP contribution in [0.15, 0.2) is 12.1 Å². The highest BCUT2D eigenvalue weighted by Gasteiger charge is 2.29. The van der Waals surface area contributed by atoms with Crippen molar-refractivity contribution in [2.75, 3.05) is 5.32 Å². The van der Waals surface area contributed by atoms with E-state index in [1.165, 1.54) is 0 Å². The van der Waals surface area contributed by atoms with Gasteiger partial charge in [0.1, 0.15) is 0 Å². The maximum atomic E-state index is 12.2. The molecule has 19 heavy (non-hydrogen) atoms. The van der Waals surface area contributed by atoms with E-state index in [0.717, 1.165) is 5.56 Å². The van der Waals surface area contributed by atoms with Crippen molar-refractivity contribution in [1.82, 2.24) is 0 Å². The van der Waals surface area contributed by atoms with Crippen LogP contribution in [-0.2, 0) is 11.2 Å². The predicted molar refractivity (Wildman–Crippen MR) is 70.7 cm³/mol. The lowest BCUT2D eigenvalue weighted by atomic mass is 10.0. The van der Waals surface area contributed by atoms with Gasteiger partial charge in [0.05, 0.1) is 6.42 Å². The normalized spacial score (nSPS) is 16.2. The molecule has 1 aromatic rings. The van der Waals surface area contributed by atoms with Crippen molar-refractivity contribution < 1.29 is 18.0 Å². The molecule has 1 aliphatic heterocycles. The molecule has 2 rings (SSSR count). The first-order valence-corrected chi connectivity index (χ1v) is 6.88. The fourth-order valence-corrected chi connectivity index (χ4v) is 2.99. The van der Waals surface area contributed by atoms with Crippen molar-refractivity contribution in [2.45, 2.75) is 30.3 Å². The molecule has 2 nitrogen and oxygen atoms in total. The van der Waals surface area contributed by atoms with Gasteiger partial charge in [-0.25, -0.2) is 0 Å². The molecule has 1 aromatic carbocycles. The molecular formula is C12H10BrClF3NO. The van der Waals surface area contributed by atoms with Crippen LogP contribution in [0.2, 0.25) is 5.02 Å². The number of anilines is 1. The molecule has 0 fully saturated rings. The van der Waals surface area contributed by atoms with Crippen LogP contribution in [0.25, 0.3) is 0 Å². The van der Waals surface area contributed by atoms with Gasteiger partial charge >= 0.3 is 6.18 Å². The Labute approximate surface area is 121 Å². The lowest BCUT2D eigenvalue weighted by Crippen LogP contribution is -2.08. The van der Waals surface area contributed by atoms with Gasteiger partial charge in [-0.3, -0.25) is 4.79 Å². The Bertz CT molecular complexity index is 518. The highest BCUT2D eigenvalue weighted by atomic mass is 79.9. The van der Waals surface area contributed by atoms with E-state index in [1.54, 1.807) is 12.1 Å². The topological polar surface area (TPSA) is 29.1 Å². The summed E-state index contributed by atoms with van der Waals surface area (Å²) in [5, 5.41) is 2.99. The maximum Gasteiger partial charge on any atom is 0.389 e. The van der Waals surface area contributed by atoms with Crippen LogP contribution < -0.4 is 5.32 Å². The third-order valence-corrected chi connectivity index (χ3v) is 4.14. The average molecular weight is 357 g/mol. The standard InChI is InChI=1S/C12H10BrClF3NO/c13-8(1-2-12(15,16)17)7-3-6-4-11(19)18-10(6)5-9(7)14/h3,5,8H,1-2,4H2,(H,18,19). The van der Waals surface area contributed by atoms with Crippen molar-refractivity contribution in [1.29, 1.82) is 0 Å². The van der Waals surface area contributed by atoms with Gasteiger partial charge in [-0.1, -0.05) is 33.6 Å². The number of benzene rings is 1. The summed E-state index contributed by atoms with van der Waals surface area (Å²) >= 11 is 9.26. The van der Waals surface area contributed by atoms with Crippen LogP contribution in [0, 0.1) is 0 Å². The Morgan fingerprint density at radius 1 is 1.42 bits per heavy atom. The van der Waals surface area contributed by atoms with Crippen LogP contribution >= 0.6 is 27.5 Å². The second-order valence-corrected chi connectivity index (χ2v) is 5.89. The second-order valence-electron chi connectivity index (χ2n) is 4.38. The molecule has 7 heteroatoms. The number of nitrogens with one attached hydrogen (secondary N) is 1.